The van der Waals surface area contributed by atoms with E-state index < -0.39 is 23.8 Å². The maximum atomic E-state index is 13.3. The van der Waals surface area contributed by atoms with Crippen LogP contribution in [0.15, 0.2) is 89.9 Å². The Morgan fingerprint density at radius 2 is 1.58 bits per heavy atom. The van der Waals surface area contributed by atoms with Crippen molar-refractivity contribution in [2.75, 3.05) is 0 Å². The van der Waals surface area contributed by atoms with Gasteiger partial charge >= 0.3 is 5.97 Å². The van der Waals surface area contributed by atoms with Crippen molar-refractivity contribution in [3.8, 4) is 0 Å². The van der Waals surface area contributed by atoms with Gasteiger partial charge in [0.05, 0.1) is 5.69 Å². The summed E-state index contributed by atoms with van der Waals surface area (Å²) in [7, 11) is 0. The minimum atomic E-state index is -1.34. The monoisotopic (exact) mass is 445 g/mol. The molecular formula is C24H23N5O4. The maximum absolute atomic E-state index is 13.3. The molecule has 0 aliphatic rings. The molecule has 0 radical (unpaired) electrons. The van der Waals surface area contributed by atoms with E-state index in [1.54, 1.807) is 66.7 Å². The van der Waals surface area contributed by atoms with Gasteiger partial charge in [0.25, 0.3) is 11.8 Å². The molecule has 3 rings (SSSR count). The summed E-state index contributed by atoms with van der Waals surface area (Å²) in [6.07, 6.45) is 1.25. The van der Waals surface area contributed by atoms with Crippen LogP contribution in [0.1, 0.15) is 26.3 Å². The maximum Gasteiger partial charge on any atom is 0.328 e. The molecule has 0 aliphatic carbocycles. The molecular weight excluding hydrogens is 422 g/mol. The van der Waals surface area contributed by atoms with Crippen LogP contribution in [0.2, 0.25) is 0 Å². The molecule has 2 amide bonds. The van der Waals surface area contributed by atoms with Crippen LogP contribution < -0.4 is 16.7 Å². The summed E-state index contributed by atoms with van der Waals surface area (Å²) in [6.45, 7) is 0. The van der Waals surface area contributed by atoms with Crippen molar-refractivity contribution in [2.45, 2.75) is 12.5 Å². The lowest BCUT2D eigenvalue weighted by atomic mass is 10.0. The summed E-state index contributed by atoms with van der Waals surface area (Å²) in [4.78, 5) is 42.5. The highest BCUT2D eigenvalue weighted by Crippen LogP contribution is 2.16. The first-order valence-corrected chi connectivity index (χ1v) is 10.0. The zero-order valence-corrected chi connectivity index (χ0v) is 17.6. The fraction of sp³-hybridized carbons (Fsp3) is 0.0833. The number of carboxylic acids is 1. The predicted molar refractivity (Wildman–Crippen MR) is 124 cm³/mol. The third kappa shape index (κ3) is 6.25. The van der Waals surface area contributed by atoms with E-state index in [4.69, 9.17) is 5.84 Å². The number of aliphatic carboxylic acids is 1. The average molecular weight is 445 g/mol. The van der Waals surface area contributed by atoms with Gasteiger partial charge < -0.3 is 10.5 Å². The van der Waals surface area contributed by atoms with Crippen molar-refractivity contribution < 1.29 is 19.5 Å². The quantitative estimate of drug-likeness (QED) is 0.182. The molecule has 0 heterocycles. The number of nitrogens with one attached hydrogen (secondary N) is 2. The second kappa shape index (κ2) is 11.2. The van der Waals surface area contributed by atoms with E-state index in [-0.39, 0.29) is 17.5 Å². The standard InChI is InChI=1S/C24H23N5O4/c25-27-16-26-20-13-7-12-19(15-20)22(30)28-29(23(31)18-10-5-2-6-11-18)21(24(32)33)14-17-8-3-1-4-9-17/h1-13,15-16,21H,14,25H2,(H,26,27)(H,28,30)(H,32,33)/t21-/m0/s1. The van der Waals surface area contributed by atoms with Crippen molar-refractivity contribution in [3.63, 3.8) is 0 Å². The molecule has 0 aromatic heterocycles. The van der Waals surface area contributed by atoms with E-state index in [1.807, 2.05) is 6.07 Å². The highest BCUT2D eigenvalue weighted by Gasteiger charge is 2.32. The van der Waals surface area contributed by atoms with E-state index in [0.717, 1.165) is 5.01 Å². The molecule has 0 saturated carbocycles. The minimum absolute atomic E-state index is 0.00152. The Bertz CT molecular complexity index is 1140. The topological polar surface area (TPSA) is 137 Å². The summed E-state index contributed by atoms with van der Waals surface area (Å²) in [6, 6.07) is 22.0. The van der Waals surface area contributed by atoms with Gasteiger partial charge in [-0.05, 0) is 35.9 Å². The number of amides is 2. The molecule has 1 atom stereocenters. The van der Waals surface area contributed by atoms with Gasteiger partial charge in [-0.25, -0.2) is 20.6 Å². The van der Waals surface area contributed by atoms with Gasteiger partial charge in [0.1, 0.15) is 6.34 Å². The molecule has 5 N–H and O–H groups in total. The molecule has 0 saturated heterocycles. The minimum Gasteiger partial charge on any atom is -0.480 e. The number of hydrazine groups is 2. The van der Waals surface area contributed by atoms with Gasteiger partial charge in [-0.15, -0.1) is 0 Å². The van der Waals surface area contributed by atoms with Crippen molar-refractivity contribution in [1.82, 2.24) is 15.9 Å². The first-order chi connectivity index (χ1) is 16.0. The number of hydrogen-bond donors (Lipinski definition) is 4. The van der Waals surface area contributed by atoms with Crippen molar-refractivity contribution >= 4 is 29.8 Å². The van der Waals surface area contributed by atoms with Gasteiger partial charge in [0.15, 0.2) is 6.04 Å². The summed E-state index contributed by atoms with van der Waals surface area (Å²) in [5, 5.41) is 10.8. The molecule has 0 aliphatic heterocycles. The largest absolute Gasteiger partial charge is 0.480 e. The molecule has 0 spiro atoms. The molecule has 9 heteroatoms. The fourth-order valence-corrected chi connectivity index (χ4v) is 3.13. The second-order valence-corrected chi connectivity index (χ2v) is 7.00. The number of carbonyl (C=O) groups is 3. The molecule has 0 fully saturated rings. The third-order valence-electron chi connectivity index (χ3n) is 4.73. The van der Waals surface area contributed by atoms with E-state index in [2.05, 4.69) is 15.8 Å². The number of rotatable bonds is 8. The first kappa shape index (κ1) is 23.2. The van der Waals surface area contributed by atoms with Crippen LogP contribution in [-0.4, -0.2) is 40.3 Å². The second-order valence-electron chi connectivity index (χ2n) is 7.00. The van der Waals surface area contributed by atoms with E-state index in [9.17, 15) is 19.5 Å². The van der Waals surface area contributed by atoms with E-state index in [0.29, 0.717) is 11.3 Å². The highest BCUT2D eigenvalue weighted by molar-refractivity contribution is 6.01. The van der Waals surface area contributed by atoms with Crippen LogP contribution >= 0.6 is 0 Å². The lowest BCUT2D eigenvalue weighted by molar-refractivity contribution is -0.143. The Labute approximate surface area is 190 Å². The number of carboxylic acid groups (broad SMARTS) is 1. The van der Waals surface area contributed by atoms with Crippen molar-refractivity contribution in [2.24, 2.45) is 10.8 Å². The van der Waals surface area contributed by atoms with Gasteiger partial charge in [-0.2, -0.15) is 0 Å². The summed E-state index contributed by atoms with van der Waals surface area (Å²) in [5.74, 6) is 2.62. The lowest BCUT2D eigenvalue weighted by Gasteiger charge is -2.29. The smallest absolute Gasteiger partial charge is 0.328 e. The van der Waals surface area contributed by atoms with E-state index in [1.165, 1.54) is 18.5 Å². The molecule has 3 aromatic carbocycles. The SMILES string of the molecule is NNC=Nc1cccc(C(=O)NN(C(=O)c2ccccc2)[C@@H](Cc2ccccc2)C(=O)O)c1. The lowest BCUT2D eigenvalue weighted by Crippen LogP contribution is -2.55. The van der Waals surface area contributed by atoms with Crippen LogP contribution in [-0.2, 0) is 11.2 Å². The average Bonchev–Trinajstić information content (AvgIpc) is 2.85. The molecule has 9 nitrogen and oxygen atoms in total. The van der Waals surface area contributed by atoms with Gasteiger partial charge in [0.2, 0.25) is 0 Å². The number of carbonyl (C=O) groups excluding carboxylic acids is 2. The summed E-state index contributed by atoms with van der Waals surface area (Å²) < 4.78 is 0. The van der Waals surface area contributed by atoms with E-state index >= 15 is 0 Å². The summed E-state index contributed by atoms with van der Waals surface area (Å²) in [5.41, 5.74) is 6.34. The normalized spacial score (nSPS) is 11.5. The van der Waals surface area contributed by atoms with Gasteiger partial charge in [-0.3, -0.25) is 15.0 Å². The number of nitrogens with two attached hydrogens (primary N) is 1. The number of nitrogens with zero attached hydrogens (tertiary/aromatic N) is 2. The predicted octanol–water partition coefficient (Wildman–Crippen LogP) is 2.29. The molecule has 33 heavy (non-hydrogen) atoms. The molecule has 168 valence electrons. The molecule has 0 bridgehead atoms. The molecule has 0 unspecified atom stereocenters. The Hall–Kier alpha value is -4.50. The zero-order valence-electron chi connectivity index (χ0n) is 17.6. The Morgan fingerprint density at radius 3 is 2.21 bits per heavy atom. The zero-order chi connectivity index (χ0) is 23.6. The van der Waals surface area contributed by atoms with Crippen LogP contribution in [0, 0.1) is 0 Å². The number of aliphatic imine (C=N–C) groups is 1. The Morgan fingerprint density at radius 1 is 0.939 bits per heavy atom. The highest BCUT2D eigenvalue weighted by atomic mass is 16.4. The Kier molecular flexibility index (Phi) is 7.87. The molecule has 3 aromatic rings. The van der Waals surface area contributed by atoms with Crippen LogP contribution in [0.3, 0.4) is 0 Å². The fourth-order valence-electron chi connectivity index (χ4n) is 3.13. The van der Waals surface area contributed by atoms with Crippen molar-refractivity contribution in [1.29, 1.82) is 0 Å². The van der Waals surface area contributed by atoms with Gasteiger partial charge in [0, 0.05) is 17.5 Å². The van der Waals surface area contributed by atoms with Crippen LogP contribution in [0.25, 0.3) is 0 Å². The number of benzene rings is 3. The van der Waals surface area contributed by atoms with Crippen LogP contribution in [0.4, 0.5) is 5.69 Å². The Balaban J connectivity index is 1.94. The first-order valence-electron chi connectivity index (χ1n) is 10.0. The number of hydrogen-bond acceptors (Lipinski definition) is 5. The summed E-state index contributed by atoms with van der Waals surface area (Å²) >= 11 is 0. The third-order valence-corrected chi connectivity index (χ3v) is 4.73. The van der Waals surface area contributed by atoms with Crippen molar-refractivity contribution in [3.05, 3.63) is 102 Å². The van der Waals surface area contributed by atoms with Crippen LogP contribution in [0.5, 0.6) is 0 Å². The van der Waals surface area contributed by atoms with Gasteiger partial charge in [-0.1, -0.05) is 54.6 Å².